The van der Waals surface area contributed by atoms with Gasteiger partial charge in [-0.15, -0.1) is 0 Å². The Morgan fingerprint density at radius 1 is 0.314 bits per heavy atom. The minimum absolute atomic E-state index is 0. The van der Waals surface area contributed by atoms with Crippen LogP contribution in [0.5, 0.6) is 0 Å². The lowest BCUT2D eigenvalue weighted by Crippen LogP contribution is -1.98. The lowest BCUT2D eigenvalue weighted by molar-refractivity contribution is 0.518. The van der Waals surface area contributed by atoms with Crippen LogP contribution in [0.25, 0.3) is 0 Å². The molecule has 0 aromatic carbocycles. The number of hydrogen-bond acceptors (Lipinski definition) is 1. The third kappa shape index (κ3) is 34.4. The molecule has 0 radical (unpaired) electrons. The summed E-state index contributed by atoms with van der Waals surface area (Å²) in [5.74, 6) is 0. The molecule has 0 aliphatic rings. The first kappa shape index (κ1) is 37.6. The van der Waals surface area contributed by atoms with Gasteiger partial charge in [-0.2, -0.15) is 0 Å². The molecule has 0 saturated heterocycles. The largest absolute Gasteiger partial charge is 0.344 e. The van der Waals surface area contributed by atoms with Gasteiger partial charge in [-0.3, -0.25) is 0 Å². The van der Waals surface area contributed by atoms with Crippen molar-refractivity contribution in [2.24, 2.45) is 0 Å². The summed E-state index contributed by atoms with van der Waals surface area (Å²) in [6, 6.07) is 0. The second-order valence-corrected chi connectivity index (χ2v) is 12.7. The van der Waals surface area contributed by atoms with Crippen molar-refractivity contribution in [3.63, 3.8) is 0 Å². The van der Waals surface area contributed by atoms with Crippen LogP contribution in [0.4, 0.5) is 0 Å². The fourth-order valence-electron chi connectivity index (χ4n) is 5.27. The van der Waals surface area contributed by atoms with Gasteiger partial charge in [0.25, 0.3) is 0 Å². The Kier molecular flexibility index (Phi) is 37.0. The van der Waals surface area contributed by atoms with E-state index in [0.29, 0.717) is 0 Å². The van der Waals surface area contributed by atoms with Gasteiger partial charge in [-0.05, 0) is 12.8 Å². The van der Waals surface area contributed by atoms with E-state index in [1.807, 2.05) is 0 Å². The van der Waals surface area contributed by atoms with Crippen molar-refractivity contribution in [3.8, 4) is 0 Å². The molecule has 3 N–H and O–H groups in total. The van der Waals surface area contributed by atoms with Crippen LogP contribution in [0, 0.1) is 0 Å². The standard InChI is InChI=1S/C33H67Br.H3N/c1-3-5-7-9-11-13-15-17-19-21-23-25-27-29-31-33(34)32-30-28-26-24-22-20-18-16-14-12-10-8-6-4-2;/h33H,3-32H2,1-2H3;1H3. The molecule has 214 valence electrons. The Bertz CT molecular complexity index is 314. The van der Waals surface area contributed by atoms with Gasteiger partial charge in [0.15, 0.2) is 0 Å². The Morgan fingerprint density at radius 3 is 0.686 bits per heavy atom. The molecule has 0 aromatic rings. The zero-order chi connectivity index (χ0) is 24.8. The average Bonchev–Trinajstić information content (AvgIpc) is 2.84. The van der Waals surface area contributed by atoms with Crippen molar-refractivity contribution in [1.82, 2.24) is 6.15 Å². The SMILES string of the molecule is CCCCCCCCCCCCCCCCC(Br)CCCCCCCCCCCCCCCC.N. The third-order valence-corrected chi connectivity index (χ3v) is 8.66. The molecule has 0 unspecified atom stereocenters. The summed E-state index contributed by atoms with van der Waals surface area (Å²) in [6.07, 6.45) is 43.7. The van der Waals surface area contributed by atoms with Crippen molar-refractivity contribution in [1.29, 1.82) is 0 Å². The molecule has 0 aromatic heterocycles. The van der Waals surface area contributed by atoms with E-state index in [2.05, 4.69) is 29.8 Å². The fourth-order valence-corrected chi connectivity index (χ4v) is 5.91. The molecule has 0 rings (SSSR count). The van der Waals surface area contributed by atoms with Gasteiger partial charge in [0, 0.05) is 4.83 Å². The Balaban J connectivity index is 0. The van der Waals surface area contributed by atoms with Crippen molar-refractivity contribution in [2.45, 2.75) is 211 Å². The van der Waals surface area contributed by atoms with E-state index >= 15 is 0 Å². The third-order valence-electron chi connectivity index (χ3n) is 7.74. The first-order chi connectivity index (χ1) is 16.8. The van der Waals surface area contributed by atoms with E-state index < -0.39 is 0 Å². The summed E-state index contributed by atoms with van der Waals surface area (Å²) in [7, 11) is 0. The van der Waals surface area contributed by atoms with Crippen LogP contribution in [-0.2, 0) is 0 Å². The van der Waals surface area contributed by atoms with E-state index in [1.165, 1.54) is 193 Å². The summed E-state index contributed by atoms with van der Waals surface area (Å²) >= 11 is 3.95. The van der Waals surface area contributed by atoms with E-state index in [4.69, 9.17) is 0 Å². The molecule has 0 spiro atoms. The molecular formula is C33H70BrN. The lowest BCUT2D eigenvalue weighted by Gasteiger charge is -2.09. The highest BCUT2D eigenvalue weighted by molar-refractivity contribution is 9.09. The maximum Gasteiger partial charge on any atom is 0.0145 e. The zero-order valence-corrected chi connectivity index (χ0v) is 26.5. The zero-order valence-electron chi connectivity index (χ0n) is 24.9. The monoisotopic (exact) mass is 559 g/mol. The van der Waals surface area contributed by atoms with Crippen molar-refractivity contribution in [3.05, 3.63) is 0 Å². The van der Waals surface area contributed by atoms with Gasteiger partial charge < -0.3 is 6.15 Å². The quantitative estimate of drug-likeness (QED) is 0.0688. The van der Waals surface area contributed by atoms with Gasteiger partial charge >= 0.3 is 0 Å². The Labute approximate surface area is 232 Å². The smallest absolute Gasteiger partial charge is 0.0145 e. The molecule has 1 nitrogen and oxygen atoms in total. The molecule has 0 bridgehead atoms. The highest BCUT2D eigenvalue weighted by Gasteiger charge is 2.04. The normalized spacial score (nSPS) is 11.3. The Morgan fingerprint density at radius 2 is 0.486 bits per heavy atom. The van der Waals surface area contributed by atoms with E-state index in [-0.39, 0.29) is 6.15 Å². The van der Waals surface area contributed by atoms with Crippen LogP contribution in [-0.4, -0.2) is 4.83 Å². The average molecular weight is 561 g/mol. The highest BCUT2D eigenvalue weighted by Crippen LogP contribution is 2.20. The van der Waals surface area contributed by atoms with Crippen molar-refractivity contribution in [2.75, 3.05) is 0 Å². The van der Waals surface area contributed by atoms with Crippen LogP contribution in [0.2, 0.25) is 0 Å². The summed E-state index contributed by atoms with van der Waals surface area (Å²) in [5.41, 5.74) is 0. The fraction of sp³-hybridized carbons (Fsp3) is 1.00. The molecule has 0 aliphatic carbocycles. The predicted octanol–water partition coefficient (Wildman–Crippen LogP) is 13.7. The van der Waals surface area contributed by atoms with Gasteiger partial charge in [-0.25, -0.2) is 0 Å². The topological polar surface area (TPSA) is 35.0 Å². The van der Waals surface area contributed by atoms with Crippen molar-refractivity contribution >= 4 is 15.9 Å². The predicted molar refractivity (Wildman–Crippen MR) is 168 cm³/mol. The summed E-state index contributed by atoms with van der Waals surface area (Å²) in [5, 5.41) is 0. The van der Waals surface area contributed by atoms with Crippen molar-refractivity contribution < 1.29 is 0 Å². The van der Waals surface area contributed by atoms with E-state index in [0.717, 1.165) is 4.83 Å². The molecule has 0 heterocycles. The van der Waals surface area contributed by atoms with Crippen LogP contribution < -0.4 is 6.15 Å². The molecule has 0 aliphatic heterocycles. The van der Waals surface area contributed by atoms with E-state index in [9.17, 15) is 0 Å². The highest BCUT2D eigenvalue weighted by atomic mass is 79.9. The molecule has 0 saturated carbocycles. The molecular weight excluding hydrogens is 490 g/mol. The first-order valence-electron chi connectivity index (χ1n) is 16.4. The Hall–Kier alpha value is 0.440. The minimum atomic E-state index is 0. The minimum Gasteiger partial charge on any atom is -0.344 e. The number of halogens is 1. The van der Waals surface area contributed by atoms with Crippen LogP contribution >= 0.6 is 15.9 Å². The van der Waals surface area contributed by atoms with Crippen LogP contribution in [0.15, 0.2) is 0 Å². The van der Waals surface area contributed by atoms with Crippen LogP contribution in [0.3, 0.4) is 0 Å². The summed E-state index contributed by atoms with van der Waals surface area (Å²) in [6.45, 7) is 4.61. The second-order valence-electron chi connectivity index (χ2n) is 11.4. The number of hydrogen-bond donors (Lipinski definition) is 1. The van der Waals surface area contributed by atoms with Gasteiger partial charge in [0.2, 0.25) is 0 Å². The molecule has 2 heteroatoms. The maximum absolute atomic E-state index is 3.95. The number of alkyl halides is 1. The molecule has 0 fully saturated rings. The molecule has 0 amide bonds. The van der Waals surface area contributed by atoms with Gasteiger partial charge in [-0.1, -0.05) is 210 Å². The molecule has 35 heavy (non-hydrogen) atoms. The van der Waals surface area contributed by atoms with Crippen LogP contribution in [0.1, 0.15) is 206 Å². The summed E-state index contributed by atoms with van der Waals surface area (Å²) in [4.78, 5) is 0.780. The maximum atomic E-state index is 3.95. The van der Waals surface area contributed by atoms with E-state index in [1.54, 1.807) is 0 Å². The number of rotatable bonds is 30. The van der Waals surface area contributed by atoms with Gasteiger partial charge in [0.05, 0.1) is 0 Å². The second kappa shape index (κ2) is 34.4. The van der Waals surface area contributed by atoms with Gasteiger partial charge in [0.1, 0.15) is 0 Å². The first-order valence-corrected chi connectivity index (χ1v) is 17.4. The lowest BCUT2D eigenvalue weighted by atomic mass is 10.0. The summed E-state index contributed by atoms with van der Waals surface area (Å²) < 4.78 is 0. The number of unbranched alkanes of at least 4 members (excludes halogenated alkanes) is 26. The molecule has 0 atom stereocenters.